The molecule has 0 bridgehead atoms. The fraction of sp³-hybridized carbons (Fsp3) is 0. The average molecular weight is 299 g/mol. The van der Waals surface area contributed by atoms with Gasteiger partial charge in [-0.25, -0.2) is 0 Å². The van der Waals surface area contributed by atoms with Crippen molar-refractivity contribution in [2.75, 3.05) is 0 Å². The number of hydrogen-bond acceptors (Lipinski definition) is 4. The van der Waals surface area contributed by atoms with Crippen molar-refractivity contribution in [1.29, 1.82) is 0 Å². The monoisotopic (exact) mass is 300 g/mol. The molecule has 86 valence electrons. The second-order valence-corrected chi connectivity index (χ2v) is 5.97. The van der Waals surface area contributed by atoms with Gasteiger partial charge in [-0.3, -0.25) is 0 Å². The molecule has 0 radical (unpaired) electrons. The Morgan fingerprint density at radius 2 is 1.94 bits per heavy atom. The molecule has 0 saturated heterocycles. The second-order valence-electron chi connectivity index (χ2n) is 3.92. The third-order valence-electron chi connectivity index (χ3n) is 2.84. The SMILES string of the molecule is C1=NC2=CC=NC3=C(c4ccccc4)[Se]C(=N1)N23. The van der Waals surface area contributed by atoms with Gasteiger partial charge in [0.1, 0.15) is 0 Å². The van der Waals surface area contributed by atoms with Gasteiger partial charge in [-0.1, -0.05) is 0 Å². The van der Waals surface area contributed by atoms with Crippen LogP contribution in [-0.4, -0.2) is 37.1 Å². The Morgan fingerprint density at radius 1 is 1.06 bits per heavy atom. The minimum absolute atomic E-state index is 0.184. The molecule has 3 aliphatic heterocycles. The second kappa shape index (κ2) is 3.77. The third-order valence-corrected chi connectivity index (χ3v) is 5.14. The van der Waals surface area contributed by atoms with Gasteiger partial charge in [-0.15, -0.1) is 0 Å². The number of aliphatic imine (C=N–C) groups is 3. The van der Waals surface area contributed by atoms with Gasteiger partial charge in [0.15, 0.2) is 0 Å². The summed E-state index contributed by atoms with van der Waals surface area (Å²) in [6.45, 7) is 0. The van der Waals surface area contributed by atoms with Crippen molar-refractivity contribution < 1.29 is 0 Å². The summed E-state index contributed by atoms with van der Waals surface area (Å²) in [6.07, 6.45) is 5.36. The predicted octanol–water partition coefficient (Wildman–Crippen LogP) is 1.66. The van der Waals surface area contributed by atoms with Crippen molar-refractivity contribution >= 4 is 36.7 Å². The molecule has 0 atom stereocenters. The van der Waals surface area contributed by atoms with E-state index in [0.29, 0.717) is 0 Å². The van der Waals surface area contributed by atoms with Crippen molar-refractivity contribution in [3.8, 4) is 0 Å². The summed E-state index contributed by atoms with van der Waals surface area (Å²) in [5, 5.41) is 0. The molecule has 0 spiro atoms. The minimum atomic E-state index is 0.184. The van der Waals surface area contributed by atoms with Crippen molar-refractivity contribution in [1.82, 2.24) is 4.90 Å². The fourth-order valence-electron chi connectivity index (χ4n) is 2.05. The molecule has 0 saturated carbocycles. The molecule has 1 aromatic carbocycles. The summed E-state index contributed by atoms with van der Waals surface area (Å²) in [6, 6.07) is 10.4. The van der Waals surface area contributed by atoms with Crippen LogP contribution in [0.2, 0.25) is 0 Å². The van der Waals surface area contributed by atoms with Crippen LogP contribution >= 0.6 is 0 Å². The summed E-state index contributed by atoms with van der Waals surface area (Å²) in [5.74, 6) is 1.90. The molecule has 3 heterocycles. The van der Waals surface area contributed by atoms with Crippen LogP contribution in [0.15, 0.2) is 63.0 Å². The molecule has 5 heteroatoms. The molecular formula is C13H8N4Se. The van der Waals surface area contributed by atoms with Crippen LogP contribution in [0.3, 0.4) is 0 Å². The van der Waals surface area contributed by atoms with Crippen LogP contribution in [-0.2, 0) is 0 Å². The zero-order chi connectivity index (χ0) is 11.9. The number of benzene rings is 1. The number of nitrogens with zero attached hydrogens (tertiary/aromatic N) is 4. The van der Waals surface area contributed by atoms with Crippen molar-refractivity contribution in [3.63, 3.8) is 0 Å². The maximum atomic E-state index is 4.50. The first kappa shape index (κ1) is 10.00. The molecule has 0 amide bonds. The van der Waals surface area contributed by atoms with Gasteiger partial charge in [0, 0.05) is 0 Å². The molecule has 3 aliphatic rings. The maximum absolute atomic E-state index is 4.50. The molecular weight excluding hydrogens is 291 g/mol. The quantitative estimate of drug-likeness (QED) is 0.727. The van der Waals surface area contributed by atoms with E-state index < -0.39 is 0 Å². The van der Waals surface area contributed by atoms with E-state index >= 15 is 0 Å². The van der Waals surface area contributed by atoms with Gasteiger partial charge in [-0.2, -0.15) is 0 Å². The average Bonchev–Trinajstić information content (AvgIpc) is 2.82. The summed E-state index contributed by atoms with van der Waals surface area (Å²) in [4.78, 5) is 15.2. The Labute approximate surface area is 110 Å². The first-order valence-corrected chi connectivity index (χ1v) is 7.27. The number of hydrogen-bond donors (Lipinski definition) is 0. The summed E-state index contributed by atoms with van der Waals surface area (Å²) >= 11 is 0.184. The van der Waals surface area contributed by atoms with Crippen LogP contribution in [0.1, 0.15) is 5.56 Å². The fourth-order valence-corrected chi connectivity index (χ4v) is 4.23. The van der Waals surface area contributed by atoms with Gasteiger partial charge < -0.3 is 0 Å². The Morgan fingerprint density at radius 3 is 2.83 bits per heavy atom. The Bertz CT molecular complexity index is 667. The van der Waals surface area contributed by atoms with Crippen molar-refractivity contribution in [3.05, 3.63) is 53.6 Å². The predicted molar refractivity (Wildman–Crippen MR) is 73.5 cm³/mol. The van der Waals surface area contributed by atoms with E-state index in [0.717, 1.165) is 16.4 Å². The third kappa shape index (κ3) is 1.35. The topological polar surface area (TPSA) is 40.3 Å². The van der Waals surface area contributed by atoms with Crippen LogP contribution in [0.4, 0.5) is 0 Å². The molecule has 0 aliphatic carbocycles. The standard InChI is InChI=1S/C13H8N4Se/c1-2-4-9(5-3-1)11-12-14-7-6-10-15-8-16-13(18-11)17(10)12/h1-8H. The van der Waals surface area contributed by atoms with E-state index in [1.807, 2.05) is 18.4 Å². The van der Waals surface area contributed by atoms with Crippen molar-refractivity contribution in [2.24, 2.45) is 15.0 Å². The van der Waals surface area contributed by atoms with Crippen LogP contribution in [0.5, 0.6) is 0 Å². The molecule has 4 rings (SSSR count). The summed E-state index contributed by atoms with van der Waals surface area (Å²) < 4.78 is 2.34. The molecule has 4 nitrogen and oxygen atoms in total. The summed E-state index contributed by atoms with van der Waals surface area (Å²) in [5.41, 5.74) is 1.23. The van der Waals surface area contributed by atoms with Gasteiger partial charge >= 0.3 is 110 Å². The van der Waals surface area contributed by atoms with E-state index in [1.54, 1.807) is 6.34 Å². The zero-order valence-corrected chi connectivity index (χ0v) is 11.0. The van der Waals surface area contributed by atoms with Crippen LogP contribution in [0.25, 0.3) is 4.47 Å². The molecule has 0 fully saturated rings. The number of rotatable bonds is 1. The molecule has 18 heavy (non-hydrogen) atoms. The van der Waals surface area contributed by atoms with Gasteiger partial charge in [0.2, 0.25) is 0 Å². The van der Waals surface area contributed by atoms with E-state index in [9.17, 15) is 0 Å². The molecule has 0 N–H and O–H groups in total. The Hall–Kier alpha value is -1.97. The Kier molecular flexibility index (Phi) is 2.09. The first-order valence-electron chi connectivity index (χ1n) is 5.56. The molecule has 0 unspecified atom stereocenters. The zero-order valence-electron chi connectivity index (χ0n) is 9.32. The van der Waals surface area contributed by atoms with E-state index in [-0.39, 0.29) is 15.0 Å². The number of allylic oxidation sites excluding steroid dienone is 1. The first-order chi connectivity index (χ1) is 8.93. The molecule has 1 aromatic rings. The Balaban J connectivity index is 1.90. The van der Waals surface area contributed by atoms with E-state index in [4.69, 9.17) is 0 Å². The number of amidine groups is 1. The van der Waals surface area contributed by atoms with Gasteiger partial charge in [0.05, 0.1) is 0 Å². The normalized spacial score (nSPS) is 19.9. The van der Waals surface area contributed by atoms with Gasteiger partial charge in [-0.05, 0) is 0 Å². The van der Waals surface area contributed by atoms with E-state index in [2.05, 4.69) is 44.1 Å². The summed E-state index contributed by atoms with van der Waals surface area (Å²) in [7, 11) is 0. The van der Waals surface area contributed by atoms with Crippen LogP contribution in [0, 0.1) is 0 Å². The van der Waals surface area contributed by atoms with E-state index in [1.165, 1.54) is 10.0 Å². The molecule has 0 aromatic heterocycles. The van der Waals surface area contributed by atoms with Gasteiger partial charge in [0.25, 0.3) is 0 Å². The van der Waals surface area contributed by atoms with Crippen molar-refractivity contribution in [2.45, 2.75) is 0 Å². The van der Waals surface area contributed by atoms with Crippen LogP contribution < -0.4 is 0 Å².